The predicted molar refractivity (Wildman–Crippen MR) is 57.8 cm³/mol. The van der Waals surface area contributed by atoms with E-state index in [9.17, 15) is 4.79 Å². The van der Waals surface area contributed by atoms with Crippen LogP contribution in [0.2, 0.25) is 0 Å². The first-order valence-electron chi connectivity index (χ1n) is 5.39. The van der Waals surface area contributed by atoms with E-state index in [1.807, 2.05) is 27.7 Å². The Labute approximate surface area is 91.5 Å². The number of nitrogens with zero attached hydrogens (tertiary/aromatic N) is 1. The van der Waals surface area contributed by atoms with Gasteiger partial charge in [0.2, 0.25) is 0 Å². The van der Waals surface area contributed by atoms with Crippen LogP contribution in [0, 0.1) is 0 Å². The van der Waals surface area contributed by atoms with E-state index in [4.69, 9.17) is 9.47 Å². The van der Waals surface area contributed by atoms with Crippen molar-refractivity contribution in [3.05, 3.63) is 0 Å². The molecular formula is C11H21NO3. The van der Waals surface area contributed by atoms with Crippen molar-refractivity contribution >= 4 is 6.09 Å². The molecule has 1 aliphatic rings. The molecule has 0 radical (unpaired) electrons. The minimum absolute atomic E-state index is 0.268. The molecule has 2 atom stereocenters. The Morgan fingerprint density at radius 3 is 2.40 bits per heavy atom. The molecule has 15 heavy (non-hydrogen) atoms. The summed E-state index contributed by atoms with van der Waals surface area (Å²) in [6.07, 6.45) is 1.31. The van der Waals surface area contributed by atoms with Crippen LogP contribution in [0.1, 0.15) is 34.1 Å². The van der Waals surface area contributed by atoms with Gasteiger partial charge >= 0.3 is 6.09 Å². The van der Waals surface area contributed by atoms with Crippen LogP contribution in [0.15, 0.2) is 0 Å². The number of epoxide rings is 1. The molecule has 1 heterocycles. The van der Waals surface area contributed by atoms with E-state index in [2.05, 4.69) is 0 Å². The third-order valence-corrected chi connectivity index (χ3v) is 2.29. The standard InChI is InChI=1S/C11H21NO3/c1-8-9(14-8)6-7-12(5)10(13)15-11(2,3)4/h8-9H,6-7H2,1-5H3. The Morgan fingerprint density at radius 2 is 2.00 bits per heavy atom. The van der Waals surface area contributed by atoms with Crippen LogP contribution >= 0.6 is 0 Å². The van der Waals surface area contributed by atoms with Crippen molar-refractivity contribution in [3.63, 3.8) is 0 Å². The molecule has 1 fully saturated rings. The summed E-state index contributed by atoms with van der Waals surface area (Å²) in [5.41, 5.74) is -0.422. The van der Waals surface area contributed by atoms with Crippen LogP contribution in [0.5, 0.6) is 0 Å². The number of carbonyl (C=O) groups excluding carboxylic acids is 1. The maximum atomic E-state index is 11.5. The molecule has 0 aromatic rings. The average molecular weight is 215 g/mol. The SMILES string of the molecule is CC1OC1CCN(C)C(=O)OC(C)(C)C. The molecule has 0 N–H and O–H groups in total. The largest absolute Gasteiger partial charge is 0.444 e. The lowest BCUT2D eigenvalue weighted by Gasteiger charge is -2.24. The van der Waals surface area contributed by atoms with Crippen molar-refractivity contribution in [2.75, 3.05) is 13.6 Å². The van der Waals surface area contributed by atoms with Crippen molar-refractivity contribution in [1.82, 2.24) is 4.90 Å². The van der Waals surface area contributed by atoms with Crippen LogP contribution in [-0.4, -0.2) is 42.4 Å². The summed E-state index contributed by atoms with van der Waals surface area (Å²) < 4.78 is 10.5. The van der Waals surface area contributed by atoms with E-state index < -0.39 is 5.60 Å². The molecule has 88 valence electrons. The van der Waals surface area contributed by atoms with E-state index in [0.717, 1.165) is 6.42 Å². The maximum absolute atomic E-state index is 11.5. The van der Waals surface area contributed by atoms with Crippen LogP contribution in [-0.2, 0) is 9.47 Å². The van der Waals surface area contributed by atoms with Gasteiger partial charge in [-0.1, -0.05) is 0 Å². The van der Waals surface area contributed by atoms with E-state index >= 15 is 0 Å². The lowest BCUT2D eigenvalue weighted by atomic mass is 10.2. The minimum atomic E-state index is -0.422. The van der Waals surface area contributed by atoms with Crippen molar-refractivity contribution in [2.24, 2.45) is 0 Å². The third kappa shape index (κ3) is 4.51. The zero-order valence-electron chi connectivity index (χ0n) is 10.2. The Hall–Kier alpha value is -0.770. The summed E-state index contributed by atoms with van der Waals surface area (Å²) in [5, 5.41) is 0. The number of amides is 1. The third-order valence-electron chi connectivity index (χ3n) is 2.29. The van der Waals surface area contributed by atoms with Crippen molar-refractivity contribution in [3.8, 4) is 0 Å². The van der Waals surface area contributed by atoms with Gasteiger partial charge in [-0.05, 0) is 34.1 Å². The molecular weight excluding hydrogens is 194 g/mol. The van der Waals surface area contributed by atoms with Gasteiger partial charge in [0, 0.05) is 13.6 Å². The topological polar surface area (TPSA) is 42.1 Å². The fourth-order valence-corrected chi connectivity index (χ4v) is 1.29. The van der Waals surface area contributed by atoms with Gasteiger partial charge in [-0.25, -0.2) is 4.79 Å². The van der Waals surface area contributed by atoms with E-state index in [1.54, 1.807) is 11.9 Å². The number of rotatable bonds is 3. The van der Waals surface area contributed by atoms with E-state index in [0.29, 0.717) is 18.8 Å². The highest BCUT2D eigenvalue weighted by Gasteiger charge is 2.34. The highest BCUT2D eigenvalue weighted by atomic mass is 16.6. The molecule has 1 saturated heterocycles. The molecule has 0 spiro atoms. The van der Waals surface area contributed by atoms with E-state index in [-0.39, 0.29) is 6.09 Å². The van der Waals surface area contributed by atoms with Crippen molar-refractivity contribution < 1.29 is 14.3 Å². The van der Waals surface area contributed by atoms with Gasteiger partial charge in [-0.3, -0.25) is 0 Å². The zero-order chi connectivity index (χ0) is 11.6. The Balaban J connectivity index is 2.21. The first-order valence-corrected chi connectivity index (χ1v) is 5.39. The van der Waals surface area contributed by atoms with Gasteiger partial charge in [0.25, 0.3) is 0 Å². The molecule has 1 amide bonds. The van der Waals surface area contributed by atoms with Gasteiger partial charge < -0.3 is 14.4 Å². The first kappa shape index (κ1) is 12.3. The Morgan fingerprint density at radius 1 is 1.47 bits per heavy atom. The van der Waals surface area contributed by atoms with Crippen LogP contribution in [0.3, 0.4) is 0 Å². The van der Waals surface area contributed by atoms with Crippen molar-refractivity contribution in [1.29, 1.82) is 0 Å². The fraction of sp³-hybridized carbons (Fsp3) is 0.909. The van der Waals surface area contributed by atoms with Crippen LogP contribution in [0.4, 0.5) is 4.79 Å². The molecule has 4 nitrogen and oxygen atoms in total. The summed E-state index contributed by atoms with van der Waals surface area (Å²) >= 11 is 0. The predicted octanol–water partition coefficient (Wildman–Crippen LogP) is 2.03. The molecule has 1 rings (SSSR count). The second kappa shape index (κ2) is 4.39. The highest BCUT2D eigenvalue weighted by Crippen LogP contribution is 2.24. The van der Waals surface area contributed by atoms with Crippen molar-refractivity contribution in [2.45, 2.75) is 51.9 Å². The van der Waals surface area contributed by atoms with Crippen LogP contribution in [0.25, 0.3) is 0 Å². The summed E-state index contributed by atoms with van der Waals surface area (Å²) in [5.74, 6) is 0. The number of hydrogen-bond acceptors (Lipinski definition) is 3. The molecule has 1 aliphatic heterocycles. The minimum Gasteiger partial charge on any atom is -0.444 e. The number of hydrogen-bond donors (Lipinski definition) is 0. The lowest BCUT2D eigenvalue weighted by molar-refractivity contribution is 0.0294. The van der Waals surface area contributed by atoms with Gasteiger partial charge in [0.15, 0.2) is 0 Å². The second-order valence-corrected chi connectivity index (χ2v) is 5.07. The highest BCUT2D eigenvalue weighted by molar-refractivity contribution is 5.67. The molecule has 0 aliphatic carbocycles. The summed E-state index contributed by atoms with van der Waals surface area (Å²) in [6, 6.07) is 0. The number of carbonyl (C=O) groups is 1. The average Bonchev–Trinajstić information content (AvgIpc) is 2.74. The second-order valence-electron chi connectivity index (χ2n) is 5.07. The quantitative estimate of drug-likeness (QED) is 0.676. The normalized spacial score (nSPS) is 24.9. The molecule has 0 aromatic heterocycles. The summed E-state index contributed by atoms with van der Waals surface area (Å²) in [4.78, 5) is 13.1. The summed E-state index contributed by atoms with van der Waals surface area (Å²) in [6.45, 7) is 8.32. The lowest BCUT2D eigenvalue weighted by Crippen LogP contribution is -2.35. The van der Waals surface area contributed by atoms with Gasteiger partial charge in [0.1, 0.15) is 5.60 Å². The molecule has 4 heteroatoms. The smallest absolute Gasteiger partial charge is 0.410 e. The Kier molecular flexibility index (Phi) is 3.60. The van der Waals surface area contributed by atoms with E-state index in [1.165, 1.54) is 0 Å². The summed E-state index contributed by atoms with van der Waals surface area (Å²) in [7, 11) is 1.75. The Bertz CT molecular complexity index is 234. The fourth-order valence-electron chi connectivity index (χ4n) is 1.29. The molecule has 0 saturated carbocycles. The number of ether oxygens (including phenoxy) is 2. The zero-order valence-corrected chi connectivity index (χ0v) is 10.2. The molecule has 0 aromatic carbocycles. The molecule has 0 bridgehead atoms. The molecule has 2 unspecified atom stereocenters. The van der Waals surface area contributed by atoms with Gasteiger partial charge in [0.05, 0.1) is 12.2 Å². The maximum Gasteiger partial charge on any atom is 0.410 e. The first-order chi connectivity index (χ1) is 6.79. The monoisotopic (exact) mass is 215 g/mol. The van der Waals surface area contributed by atoms with Gasteiger partial charge in [-0.2, -0.15) is 0 Å². The van der Waals surface area contributed by atoms with Gasteiger partial charge in [-0.15, -0.1) is 0 Å². The van der Waals surface area contributed by atoms with Crippen LogP contribution < -0.4 is 0 Å².